The van der Waals surface area contributed by atoms with Crippen LogP contribution >= 0.6 is 23.2 Å². The minimum atomic E-state index is -0.585. The molecule has 1 aromatic carbocycles. The molecule has 31 heavy (non-hydrogen) atoms. The van der Waals surface area contributed by atoms with E-state index < -0.39 is 6.04 Å². The summed E-state index contributed by atoms with van der Waals surface area (Å²) in [5.74, 6) is -0.266. The molecule has 2 aromatic rings. The molecule has 0 aliphatic carbocycles. The predicted molar refractivity (Wildman–Crippen MR) is 125 cm³/mol. The Morgan fingerprint density at radius 1 is 1.16 bits per heavy atom. The van der Waals surface area contributed by atoms with Gasteiger partial charge in [-0.2, -0.15) is 5.10 Å². The normalized spacial score (nSPS) is 17.2. The van der Waals surface area contributed by atoms with Crippen LogP contribution in [0.2, 0.25) is 10.0 Å². The summed E-state index contributed by atoms with van der Waals surface area (Å²) in [6.45, 7) is 10.9. The second-order valence-electron chi connectivity index (χ2n) is 9.32. The van der Waals surface area contributed by atoms with Crippen molar-refractivity contribution in [3.05, 3.63) is 45.7 Å². The average molecular weight is 465 g/mol. The van der Waals surface area contributed by atoms with Crippen molar-refractivity contribution in [2.45, 2.75) is 71.4 Å². The maximum atomic E-state index is 13.4. The van der Waals surface area contributed by atoms with Crippen molar-refractivity contribution in [3.63, 3.8) is 0 Å². The molecule has 6 nitrogen and oxygen atoms in total. The van der Waals surface area contributed by atoms with Crippen molar-refractivity contribution in [2.75, 3.05) is 11.9 Å². The Kier molecular flexibility index (Phi) is 7.01. The van der Waals surface area contributed by atoms with Crippen LogP contribution in [0.25, 0.3) is 0 Å². The van der Waals surface area contributed by atoms with E-state index in [4.69, 9.17) is 23.2 Å². The van der Waals surface area contributed by atoms with Crippen LogP contribution in [-0.2, 0) is 10.3 Å². The molecule has 1 atom stereocenters. The van der Waals surface area contributed by atoms with E-state index >= 15 is 0 Å². The van der Waals surface area contributed by atoms with Gasteiger partial charge in [0, 0.05) is 17.3 Å². The first kappa shape index (κ1) is 23.6. The summed E-state index contributed by atoms with van der Waals surface area (Å²) in [6, 6.07) is 6.18. The van der Waals surface area contributed by atoms with Crippen molar-refractivity contribution in [2.24, 2.45) is 0 Å². The van der Waals surface area contributed by atoms with Gasteiger partial charge in [0.25, 0.3) is 5.91 Å². The molecule has 0 bridgehead atoms. The average Bonchev–Trinajstić information content (AvgIpc) is 3.16. The van der Waals surface area contributed by atoms with E-state index in [1.165, 1.54) is 0 Å². The highest BCUT2D eigenvalue weighted by molar-refractivity contribution is 6.35. The lowest BCUT2D eigenvalue weighted by atomic mass is 10.0. The zero-order chi connectivity index (χ0) is 22.9. The van der Waals surface area contributed by atoms with E-state index in [9.17, 15) is 9.59 Å². The second kappa shape index (κ2) is 9.21. The molecule has 1 fully saturated rings. The van der Waals surface area contributed by atoms with Gasteiger partial charge in [0.2, 0.25) is 5.91 Å². The van der Waals surface area contributed by atoms with Crippen LogP contribution in [0.3, 0.4) is 0 Å². The number of rotatable bonds is 4. The topological polar surface area (TPSA) is 67.2 Å². The number of hydrogen-bond acceptors (Lipinski definition) is 3. The van der Waals surface area contributed by atoms with Crippen LogP contribution in [0.5, 0.6) is 0 Å². The summed E-state index contributed by atoms with van der Waals surface area (Å²) >= 11 is 12.2. The van der Waals surface area contributed by atoms with E-state index in [1.807, 2.05) is 10.7 Å². The van der Waals surface area contributed by atoms with Gasteiger partial charge in [0.15, 0.2) is 5.69 Å². The fraction of sp³-hybridized carbons (Fsp3) is 0.522. The number of anilines is 1. The van der Waals surface area contributed by atoms with Gasteiger partial charge in [-0.05, 0) is 70.2 Å². The third-order valence-corrected chi connectivity index (χ3v) is 6.00. The quantitative estimate of drug-likeness (QED) is 0.630. The van der Waals surface area contributed by atoms with Gasteiger partial charge in [0.05, 0.1) is 16.2 Å². The van der Waals surface area contributed by atoms with Crippen LogP contribution < -0.4 is 5.32 Å². The van der Waals surface area contributed by atoms with Gasteiger partial charge in [-0.1, -0.05) is 37.0 Å². The Hall–Kier alpha value is -2.05. The summed E-state index contributed by atoms with van der Waals surface area (Å²) in [7, 11) is 0. The maximum Gasteiger partial charge on any atom is 0.275 e. The summed E-state index contributed by atoms with van der Waals surface area (Å²) in [4.78, 5) is 28.1. The number of nitrogens with one attached hydrogen (secondary N) is 1. The van der Waals surface area contributed by atoms with E-state index in [1.54, 1.807) is 23.1 Å². The predicted octanol–water partition coefficient (Wildman–Crippen LogP) is 5.70. The fourth-order valence-corrected chi connectivity index (χ4v) is 4.19. The minimum absolute atomic E-state index is 0.220. The van der Waals surface area contributed by atoms with Crippen LogP contribution in [-0.4, -0.2) is 39.1 Å². The highest BCUT2D eigenvalue weighted by Crippen LogP contribution is 2.28. The van der Waals surface area contributed by atoms with Gasteiger partial charge in [-0.25, -0.2) is 0 Å². The van der Waals surface area contributed by atoms with Gasteiger partial charge < -0.3 is 10.2 Å². The summed E-state index contributed by atoms with van der Waals surface area (Å²) in [6.07, 6.45) is 2.32. The number of hydrogen-bond donors (Lipinski definition) is 1. The number of carbonyl (C=O) groups excluding carboxylic acids is 2. The molecule has 1 saturated heterocycles. The molecule has 0 radical (unpaired) electrons. The minimum Gasteiger partial charge on any atom is -0.325 e. The Labute approximate surface area is 193 Å². The smallest absolute Gasteiger partial charge is 0.275 e. The molecule has 2 heterocycles. The molecule has 0 spiro atoms. The van der Waals surface area contributed by atoms with Gasteiger partial charge in [-0.15, -0.1) is 0 Å². The summed E-state index contributed by atoms with van der Waals surface area (Å²) in [5.41, 5.74) is 1.56. The number of nitrogens with zero attached hydrogens (tertiary/aromatic N) is 3. The highest BCUT2D eigenvalue weighted by Gasteiger charge is 2.35. The molecule has 168 valence electrons. The van der Waals surface area contributed by atoms with Crippen molar-refractivity contribution in [3.8, 4) is 0 Å². The Morgan fingerprint density at radius 3 is 2.48 bits per heavy atom. The largest absolute Gasteiger partial charge is 0.325 e. The third kappa shape index (κ3) is 5.24. The molecule has 8 heteroatoms. The zero-order valence-electron chi connectivity index (χ0n) is 18.7. The van der Waals surface area contributed by atoms with Crippen LogP contribution in [0, 0.1) is 0 Å². The first-order valence-corrected chi connectivity index (χ1v) is 11.4. The Balaban J connectivity index is 1.87. The third-order valence-electron chi connectivity index (χ3n) is 5.44. The Morgan fingerprint density at radius 2 is 1.87 bits per heavy atom. The van der Waals surface area contributed by atoms with Crippen LogP contribution in [0.4, 0.5) is 5.69 Å². The maximum absolute atomic E-state index is 13.4. The van der Waals surface area contributed by atoms with Gasteiger partial charge >= 0.3 is 0 Å². The number of piperidine rings is 1. The van der Waals surface area contributed by atoms with Crippen molar-refractivity contribution in [1.29, 1.82) is 0 Å². The molecular weight excluding hydrogens is 435 g/mol. The van der Waals surface area contributed by atoms with Crippen molar-refractivity contribution in [1.82, 2.24) is 14.7 Å². The van der Waals surface area contributed by atoms with Crippen molar-refractivity contribution >= 4 is 40.7 Å². The zero-order valence-corrected chi connectivity index (χ0v) is 20.2. The SMILES string of the molecule is CC(C)c1cc(C(=O)N2CCCC[C@@H]2C(=O)Nc2cc(Cl)ccc2Cl)nn1C(C)(C)C. The van der Waals surface area contributed by atoms with Crippen LogP contribution in [0.15, 0.2) is 24.3 Å². The summed E-state index contributed by atoms with van der Waals surface area (Å²) in [5, 5.41) is 8.35. The monoisotopic (exact) mass is 464 g/mol. The molecule has 1 aromatic heterocycles. The first-order chi connectivity index (χ1) is 14.5. The number of halogens is 2. The molecule has 1 aliphatic heterocycles. The van der Waals surface area contributed by atoms with E-state index in [-0.39, 0.29) is 23.3 Å². The Bertz CT molecular complexity index is 978. The molecule has 1 aliphatic rings. The molecule has 0 saturated carbocycles. The number of amides is 2. The lowest BCUT2D eigenvalue weighted by molar-refractivity contribution is -0.121. The lowest BCUT2D eigenvalue weighted by Gasteiger charge is -2.34. The summed E-state index contributed by atoms with van der Waals surface area (Å²) < 4.78 is 1.91. The lowest BCUT2D eigenvalue weighted by Crippen LogP contribution is -2.50. The standard InChI is InChI=1S/C23H30Cl2N4O2/c1-14(2)20-13-18(27-29(20)23(3,4)5)22(31)28-11-7-6-8-19(28)21(30)26-17-12-15(24)9-10-16(17)25/h9-10,12-14,19H,6-8,11H2,1-5H3,(H,26,30)/t19-/m1/s1. The van der Waals surface area contributed by atoms with E-state index in [0.29, 0.717) is 34.4 Å². The van der Waals surface area contributed by atoms with E-state index in [0.717, 1.165) is 18.5 Å². The van der Waals surface area contributed by atoms with Crippen LogP contribution in [0.1, 0.15) is 76.0 Å². The second-order valence-corrected chi connectivity index (χ2v) is 10.2. The van der Waals surface area contributed by atoms with E-state index in [2.05, 4.69) is 45.0 Å². The van der Waals surface area contributed by atoms with Gasteiger partial charge in [-0.3, -0.25) is 14.3 Å². The number of likely N-dealkylation sites (tertiary alicyclic amines) is 1. The molecule has 3 rings (SSSR count). The fourth-order valence-electron chi connectivity index (χ4n) is 3.85. The molecule has 1 N–H and O–H groups in total. The number of benzene rings is 1. The first-order valence-electron chi connectivity index (χ1n) is 10.7. The molecule has 0 unspecified atom stereocenters. The van der Waals surface area contributed by atoms with Gasteiger partial charge in [0.1, 0.15) is 6.04 Å². The molecular formula is C23H30Cl2N4O2. The number of carbonyl (C=O) groups is 2. The number of aromatic nitrogens is 2. The highest BCUT2D eigenvalue weighted by atomic mass is 35.5. The van der Waals surface area contributed by atoms with Crippen molar-refractivity contribution < 1.29 is 9.59 Å². The molecule has 2 amide bonds.